The van der Waals surface area contributed by atoms with Crippen LogP contribution in [0.3, 0.4) is 0 Å². The summed E-state index contributed by atoms with van der Waals surface area (Å²) < 4.78 is 5.48. The lowest BCUT2D eigenvalue weighted by molar-refractivity contribution is -0.142. The van der Waals surface area contributed by atoms with E-state index in [-0.39, 0.29) is 11.9 Å². The van der Waals surface area contributed by atoms with Crippen molar-refractivity contribution in [2.24, 2.45) is 5.92 Å². The number of aromatic nitrogens is 1. The van der Waals surface area contributed by atoms with E-state index in [9.17, 15) is 4.79 Å². The van der Waals surface area contributed by atoms with Gasteiger partial charge in [0.15, 0.2) is 0 Å². The van der Waals surface area contributed by atoms with Crippen LogP contribution in [0.2, 0.25) is 0 Å². The molecule has 0 spiro atoms. The Morgan fingerprint density at radius 1 is 1.35 bits per heavy atom. The number of carbonyl (C=O) groups excluding carboxylic acids is 1. The van der Waals surface area contributed by atoms with Gasteiger partial charge in [0.05, 0.1) is 18.8 Å². The highest BCUT2D eigenvalue weighted by Crippen LogP contribution is 2.26. The van der Waals surface area contributed by atoms with Crippen LogP contribution in [-0.4, -0.2) is 53.5 Å². The Morgan fingerprint density at radius 3 is 2.65 bits per heavy atom. The van der Waals surface area contributed by atoms with E-state index < -0.39 is 0 Å². The Bertz CT molecular complexity index is 572. The maximum Gasteiger partial charge on any atom is 0.239 e. The number of methoxy groups -OCH3 is 1. The number of hydrogen-bond acceptors (Lipinski definition) is 4. The van der Waals surface area contributed by atoms with Gasteiger partial charge in [0.1, 0.15) is 5.75 Å². The highest BCUT2D eigenvalue weighted by atomic mass is 16.5. The van der Waals surface area contributed by atoms with E-state index in [1.54, 1.807) is 7.11 Å². The van der Waals surface area contributed by atoms with Gasteiger partial charge in [-0.15, -0.1) is 0 Å². The normalized spacial score (nSPS) is 19.5. The molecule has 1 atom stereocenters. The Kier molecular flexibility index (Phi) is 5.63. The fraction of sp³-hybridized carbons (Fsp3) is 0.667. The number of carbonyl (C=O) groups is 1. The first-order valence-electron chi connectivity index (χ1n) is 8.37. The molecule has 1 aliphatic rings. The van der Waals surface area contributed by atoms with Crippen molar-refractivity contribution >= 4 is 5.91 Å². The molecule has 23 heavy (non-hydrogen) atoms. The van der Waals surface area contributed by atoms with Crippen molar-refractivity contribution in [2.45, 2.75) is 47.2 Å². The molecule has 0 N–H and O–H groups in total. The quantitative estimate of drug-likeness (QED) is 0.836. The molecule has 5 heteroatoms. The first kappa shape index (κ1) is 17.7. The second-order valence-electron chi connectivity index (χ2n) is 6.87. The third-order valence-corrected chi connectivity index (χ3v) is 4.56. The van der Waals surface area contributed by atoms with Gasteiger partial charge in [-0.3, -0.25) is 14.7 Å². The number of rotatable bonds is 5. The molecular formula is C18H29N3O2. The van der Waals surface area contributed by atoms with E-state index in [4.69, 9.17) is 4.74 Å². The average molecular weight is 319 g/mol. The molecule has 0 aromatic carbocycles. The Morgan fingerprint density at radius 2 is 2.04 bits per heavy atom. The van der Waals surface area contributed by atoms with Gasteiger partial charge in [-0.25, -0.2) is 0 Å². The van der Waals surface area contributed by atoms with Gasteiger partial charge in [0.2, 0.25) is 5.91 Å². The van der Waals surface area contributed by atoms with Crippen molar-refractivity contribution in [3.63, 3.8) is 0 Å². The third-order valence-electron chi connectivity index (χ3n) is 4.56. The van der Waals surface area contributed by atoms with E-state index in [2.05, 4.69) is 23.7 Å². The molecular weight excluding hydrogens is 290 g/mol. The predicted octanol–water partition coefficient (Wildman–Crippen LogP) is 2.40. The number of pyridine rings is 1. The van der Waals surface area contributed by atoms with Gasteiger partial charge < -0.3 is 9.64 Å². The van der Waals surface area contributed by atoms with Crippen LogP contribution in [0.25, 0.3) is 0 Å². The predicted molar refractivity (Wildman–Crippen MR) is 91.6 cm³/mol. The molecule has 0 bridgehead atoms. The molecule has 1 aliphatic heterocycles. The standard InChI is InChI=1S/C18H29N3O2/c1-12(2)10-21-8-7-20(15(5)18(21)22)11-16-14(4)17(23-6)13(3)9-19-16/h9,12,15H,7-8,10-11H2,1-6H3/t15-/m0/s1. The SMILES string of the molecule is COc1c(C)cnc(CN2CCN(CC(C)C)C(=O)[C@@H]2C)c1C. The van der Waals surface area contributed by atoms with Crippen LogP contribution in [0.5, 0.6) is 5.75 Å². The molecule has 2 heterocycles. The van der Waals surface area contributed by atoms with Crippen molar-refractivity contribution in [1.29, 1.82) is 0 Å². The minimum atomic E-state index is -0.101. The molecule has 1 aromatic rings. The molecule has 1 aromatic heterocycles. The number of amides is 1. The zero-order chi connectivity index (χ0) is 17.1. The lowest BCUT2D eigenvalue weighted by Gasteiger charge is -2.39. The largest absolute Gasteiger partial charge is 0.496 e. The molecule has 2 rings (SSSR count). The van der Waals surface area contributed by atoms with E-state index in [1.807, 2.05) is 31.9 Å². The highest BCUT2D eigenvalue weighted by Gasteiger charge is 2.32. The van der Waals surface area contributed by atoms with Crippen LogP contribution < -0.4 is 4.74 Å². The molecule has 1 saturated heterocycles. The lowest BCUT2D eigenvalue weighted by atomic mass is 10.1. The smallest absolute Gasteiger partial charge is 0.239 e. The molecule has 128 valence electrons. The summed E-state index contributed by atoms with van der Waals surface area (Å²) >= 11 is 0. The summed E-state index contributed by atoms with van der Waals surface area (Å²) in [6.45, 7) is 13.5. The summed E-state index contributed by atoms with van der Waals surface area (Å²) in [6, 6.07) is -0.101. The fourth-order valence-electron chi connectivity index (χ4n) is 3.23. The summed E-state index contributed by atoms with van der Waals surface area (Å²) in [5, 5.41) is 0. The van der Waals surface area contributed by atoms with Gasteiger partial charge in [-0.1, -0.05) is 13.8 Å². The summed E-state index contributed by atoms with van der Waals surface area (Å²) in [5.41, 5.74) is 3.10. The van der Waals surface area contributed by atoms with Crippen LogP contribution in [-0.2, 0) is 11.3 Å². The molecule has 1 amide bonds. The Labute approximate surface area is 139 Å². The van der Waals surface area contributed by atoms with E-state index in [0.717, 1.165) is 42.2 Å². The minimum Gasteiger partial charge on any atom is -0.496 e. The van der Waals surface area contributed by atoms with Gasteiger partial charge in [-0.2, -0.15) is 0 Å². The zero-order valence-electron chi connectivity index (χ0n) is 15.2. The molecule has 0 saturated carbocycles. The fourth-order valence-corrected chi connectivity index (χ4v) is 3.23. The van der Waals surface area contributed by atoms with Crippen LogP contribution in [0, 0.1) is 19.8 Å². The monoisotopic (exact) mass is 319 g/mol. The van der Waals surface area contributed by atoms with E-state index in [0.29, 0.717) is 12.5 Å². The van der Waals surface area contributed by atoms with Crippen molar-refractivity contribution < 1.29 is 9.53 Å². The van der Waals surface area contributed by atoms with Gasteiger partial charge in [0, 0.05) is 43.5 Å². The van der Waals surface area contributed by atoms with E-state index in [1.165, 1.54) is 0 Å². The molecule has 0 aliphatic carbocycles. The average Bonchev–Trinajstić information content (AvgIpc) is 2.49. The van der Waals surface area contributed by atoms with E-state index >= 15 is 0 Å². The van der Waals surface area contributed by atoms with Gasteiger partial charge in [0.25, 0.3) is 0 Å². The maximum atomic E-state index is 12.6. The summed E-state index contributed by atoms with van der Waals surface area (Å²) in [7, 11) is 1.69. The number of hydrogen-bond donors (Lipinski definition) is 0. The zero-order valence-corrected chi connectivity index (χ0v) is 15.2. The first-order chi connectivity index (χ1) is 10.8. The lowest BCUT2D eigenvalue weighted by Crippen LogP contribution is -2.56. The number of nitrogens with zero attached hydrogens (tertiary/aromatic N) is 3. The third kappa shape index (κ3) is 3.83. The summed E-state index contributed by atoms with van der Waals surface area (Å²) in [6.07, 6.45) is 1.85. The minimum absolute atomic E-state index is 0.101. The second kappa shape index (κ2) is 7.30. The summed E-state index contributed by atoms with van der Waals surface area (Å²) in [4.78, 5) is 21.3. The summed E-state index contributed by atoms with van der Waals surface area (Å²) in [5.74, 6) is 1.62. The number of aryl methyl sites for hydroxylation is 1. The van der Waals surface area contributed by atoms with Gasteiger partial charge >= 0.3 is 0 Å². The maximum absolute atomic E-state index is 12.6. The van der Waals surface area contributed by atoms with Crippen molar-refractivity contribution in [3.8, 4) is 5.75 Å². The van der Waals surface area contributed by atoms with Crippen LogP contribution >= 0.6 is 0 Å². The second-order valence-corrected chi connectivity index (χ2v) is 6.87. The topological polar surface area (TPSA) is 45.7 Å². The van der Waals surface area contributed by atoms with Crippen molar-refractivity contribution in [1.82, 2.24) is 14.8 Å². The Hall–Kier alpha value is -1.62. The van der Waals surface area contributed by atoms with Crippen molar-refractivity contribution in [3.05, 3.63) is 23.0 Å². The number of piperazine rings is 1. The molecule has 0 radical (unpaired) electrons. The van der Waals surface area contributed by atoms with Crippen LogP contribution in [0.1, 0.15) is 37.6 Å². The molecule has 0 unspecified atom stereocenters. The van der Waals surface area contributed by atoms with Crippen LogP contribution in [0.4, 0.5) is 0 Å². The van der Waals surface area contributed by atoms with Gasteiger partial charge in [-0.05, 0) is 26.7 Å². The molecule has 1 fully saturated rings. The van der Waals surface area contributed by atoms with Crippen LogP contribution in [0.15, 0.2) is 6.20 Å². The number of ether oxygens (including phenoxy) is 1. The van der Waals surface area contributed by atoms with Crippen molar-refractivity contribution in [2.75, 3.05) is 26.7 Å². The highest BCUT2D eigenvalue weighted by molar-refractivity contribution is 5.82. The molecule has 5 nitrogen and oxygen atoms in total. The first-order valence-corrected chi connectivity index (χ1v) is 8.37. The Balaban J connectivity index is 2.12.